The van der Waals surface area contributed by atoms with Gasteiger partial charge in [0, 0.05) is 18.5 Å². The van der Waals surface area contributed by atoms with Crippen LogP contribution < -0.4 is 4.90 Å². The lowest BCUT2D eigenvalue weighted by atomic mass is 10.1. The largest absolute Gasteiger partial charge is 0.354 e. The van der Waals surface area contributed by atoms with Crippen LogP contribution in [0.5, 0.6) is 0 Å². The van der Waals surface area contributed by atoms with Crippen molar-refractivity contribution in [2.75, 3.05) is 18.0 Å². The molecule has 0 radical (unpaired) electrons. The quantitative estimate of drug-likeness (QED) is 0.761. The number of hydrogen-bond donors (Lipinski definition) is 0. The first-order chi connectivity index (χ1) is 8.22. The van der Waals surface area contributed by atoms with E-state index in [1.165, 1.54) is 0 Å². The highest BCUT2D eigenvalue weighted by molar-refractivity contribution is 6.29. The molecule has 1 atom stereocenters. The minimum absolute atomic E-state index is 0.428. The lowest BCUT2D eigenvalue weighted by molar-refractivity contribution is 0.286. The Morgan fingerprint density at radius 2 is 2.12 bits per heavy atom. The second kappa shape index (κ2) is 4.41. The summed E-state index contributed by atoms with van der Waals surface area (Å²) in [5, 5.41) is 0.470. The Labute approximate surface area is 105 Å². The Kier molecular flexibility index (Phi) is 2.90. The van der Waals surface area contributed by atoms with Crippen LogP contribution in [0.3, 0.4) is 0 Å². The third-order valence-electron chi connectivity index (χ3n) is 3.33. The molecule has 3 nitrogen and oxygen atoms in total. The Hall–Kier alpha value is -0.900. The normalized spacial score (nSPS) is 25.1. The summed E-state index contributed by atoms with van der Waals surface area (Å²) < 4.78 is 13.4. The first-order valence-corrected chi connectivity index (χ1v) is 6.53. The van der Waals surface area contributed by atoms with Gasteiger partial charge >= 0.3 is 0 Å². The molecule has 0 bridgehead atoms. The lowest BCUT2D eigenvalue weighted by Crippen LogP contribution is -2.37. The standard InChI is InChI=1S/C12H15ClFN3/c13-10-6-11(16-12(15-10)8-3-4-8)17-5-1-2-9(14)7-17/h6,8-9H,1-5,7H2/t9-/m1/s1. The molecule has 1 saturated heterocycles. The van der Waals surface area contributed by atoms with E-state index in [2.05, 4.69) is 9.97 Å². The zero-order chi connectivity index (χ0) is 11.8. The van der Waals surface area contributed by atoms with Gasteiger partial charge in [-0.15, -0.1) is 0 Å². The van der Waals surface area contributed by atoms with Crippen molar-refractivity contribution in [3.63, 3.8) is 0 Å². The van der Waals surface area contributed by atoms with E-state index in [0.29, 0.717) is 24.0 Å². The fourth-order valence-corrected chi connectivity index (χ4v) is 2.43. The van der Waals surface area contributed by atoms with Crippen molar-refractivity contribution in [1.29, 1.82) is 0 Å². The van der Waals surface area contributed by atoms with Crippen LogP contribution in [0.4, 0.5) is 10.2 Å². The predicted molar refractivity (Wildman–Crippen MR) is 65.4 cm³/mol. The molecule has 2 heterocycles. The third-order valence-corrected chi connectivity index (χ3v) is 3.52. The highest BCUT2D eigenvalue weighted by atomic mass is 35.5. The zero-order valence-corrected chi connectivity index (χ0v) is 10.3. The van der Waals surface area contributed by atoms with Crippen molar-refractivity contribution < 1.29 is 4.39 Å². The molecule has 0 amide bonds. The zero-order valence-electron chi connectivity index (χ0n) is 9.57. The van der Waals surface area contributed by atoms with Gasteiger partial charge in [-0.1, -0.05) is 11.6 Å². The van der Waals surface area contributed by atoms with Crippen LogP contribution >= 0.6 is 11.6 Å². The summed E-state index contributed by atoms with van der Waals surface area (Å²) in [6, 6.07) is 1.74. The van der Waals surface area contributed by atoms with E-state index in [4.69, 9.17) is 11.6 Å². The number of anilines is 1. The number of hydrogen-bond acceptors (Lipinski definition) is 3. The Morgan fingerprint density at radius 1 is 1.29 bits per heavy atom. The molecule has 0 N–H and O–H groups in total. The topological polar surface area (TPSA) is 29.0 Å². The number of aromatic nitrogens is 2. The second-order valence-electron chi connectivity index (χ2n) is 4.87. The lowest BCUT2D eigenvalue weighted by Gasteiger charge is -2.30. The summed E-state index contributed by atoms with van der Waals surface area (Å²) in [6.07, 6.45) is 3.07. The van der Waals surface area contributed by atoms with Gasteiger partial charge < -0.3 is 4.90 Å². The summed E-state index contributed by atoms with van der Waals surface area (Å²) in [7, 11) is 0. The summed E-state index contributed by atoms with van der Waals surface area (Å²) in [6.45, 7) is 1.29. The van der Waals surface area contributed by atoms with Crippen LogP contribution in [0.25, 0.3) is 0 Å². The smallest absolute Gasteiger partial charge is 0.135 e. The van der Waals surface area contributed by atoms with Crippen LogP contribution in [0, 0.1) is 0 Å². The van der Waals surface area contributed by atoms with Gasteiger partial charge in [0.1, 0.15) is 23.0 Å². The molecule has 0 unspecified atom stereocenters. The SMILES string of the molecule is F[C@@H]1CCCN(c2cc(Cl)nc(C3CC3)n2)C1. The molecule has 3 rings (SSSR count). The van der Waals surface area contributed by atoms with Crippen molar-refractivity contribution in [2.24, 2.45) is 0 Å². The molecule has 1 saturated carbocycles. The van der Waals surface area contributed by atoms with Gasteiger partial charge in [-0.25, -0.2) is 14.4 Å². The van der Waals surface area contributed by atoms with E-state index < -0.39 is 6.17 Å². The van der Waals surface area contributed by atoms with Crippen LogP contribution in [-0.4, -0.2) is 29.2 Å². The van der Waals surface area contributed by atoms with E-state index >= 15 is 0 Å². The molecule has 1 aromatic heterocycles. The molecule has 1 aromatic rings. The first kappa shape index (κ1) is 11.2. The van der Waals surface area contributed by atoms with E-state index in [9.17, 15) is 4.39 Å². The highest BCUT2D eigenvalue weighted by Gasteiger charge is 2.28. The van der Waals surface area contributed by atoms with Gasteiger partial charge in [0.2, 0.25) is 0 Å². The van der Waals surface area contributed by atoms with Crippen molar-refractivity contribution in [3.05, 3.63) is 17.0 Å². The predicted octanol–water partition coefficient (Wildman–Crippen LogP) is 2.95. The van der Waals surface area contributed by atoms with Gasteiger partial charge in [-0.2, -0.15) is 0 Å². The number of halogens is 2. The van der Waals surface area contributed by atoms with Gasteiger partial charge in [-0.05, 0) is 25.7 Å². The first-order valence-electron chi connectivity index (χ1n) is 6.16. The molecule has 17 heavy (non-hydrogen) atoms. The monoisotopic (exact) mass is 255 g/mol. The minimum Gasteiger partial charge on any atom is -0.354 e. The van der Waals surface area contributed by atoms with E-state index in [1.807, 2.05) is 4.90 Å². The average Bonchev–Trinajstić information content (AvgIpc) is 3.12. The van der Waals surface area contributed by atoms with Crippen LogP contribution in [-0.2, 0) is 0 Å². The van der Waals surface area contributed by atoms with Crippen LogP contribution in [0.2, 0.25) is 5.15 Å². The van der Waals surface area contributed by atoms with Gasteiger partial charge in [-0.3, -0.25) is 0 Å². The molecule has 0 spiro atoms. The third kappa shape index (κ3) is 2.51. The van der Waals surface area contributed by atoms with E-state index in [1.54, 1.807) is 6.07 Å². The Bertz CT molecular complexity index is 422. The van der Waals surface area contributed by atoms with Gasteiger partial charge in [0.25, 0.3) is 0 Å². The summed E-state index contributed by atoms with van der Waals surface area (Å²) >= 11 is 6.01. The molecule has 0 aromatic carbocycles. The molecule has 2 fully saturated rings. The number of alkyl halides is 1. The number of nitrogens with zero attached hydrogens (tertiary/aromatic N) is 3. The average molecular weight is 256 g/mol. The molecular formula is C12H15ClFN3. The second-order valence-corrected chi connectivity index (χ2v) is 5.25. The van der Waals surface area contributed by atoms with Crippen molar-refractivity contribution in [2.45, 2.75) is 37.8 Å². The summed E-state index contributed by atoms with van der Waals surface area (Å²) in [5.41, 5.74) is 0. The van der Waals surface area contributed by atoms with Crippen LogP contribution in [0.1, 0.15) is 37.4 Å². The molecule has 1 aliphatic heterocycles. The Morgan fingerprint density at radius 3 is 2.82 bits per heavy atom. The van der Waals surface area contributed by atoms with Crippen LogP contribution in [0.15, 0.2) is 6.07 Å². The summed E-state index contributed by atoms with van der Waals surface area (Å²) in [4.78, 5) is 10.7. The molecule has 92 valence electrons. The Balaban J connectivity index is 1.85. The van der Waals surface area contributed by atoms with Crippen molar-refractivity contribution in [1.82, 2.24) is 9.97 Å². The van der Waals surface area contributed by atoms with Crippen molar-refractivity contribution >= 4 is 17.4 Å². The summed E-state index contributed by atoms with van der Waals surface area (Å²) in [5.74, 6) is 2.08. The molecule has 1 aliphatic carbocycles. The van der Waals surface area contributed by atoms with Crippen molar-refractivity contribution in [3.8, 4) is 0 Å². The van der Waals surface area contributed by atoms with E-state index in [0.717, 1.165) is 37.4 Å². The fourth-order valence-electron chi connectivity index (χ4n) is 2.24. The molecule has 5 heteroatoms. The van der Waals surface area contributed by atoms with Gasteiger partial charge in [0.15, 0.2) is 0 Å². The minimum atomic E-state index is -0.748. The van der Waals surface area contributed by atoms with Gasteiger partial charge in [0.05, 0.1) is 6.54 Å². The maximum atomic E-state index is 13.4. The van der Waals surface area contributed by atoms with E-state index in [-0.39, 0.29) is 0 Å². The number of piperidine rings is 1. The molecule has 2 aliphatic rings. The maximum Gasteiger partial charge on any atom is 0.135 e. The highest BCUT2D eigenvalue weighted by Crippen LogP contribution is 2.39. The number of rotatable bonds is 2. The molecular weight excluding hydrogens is 241 g/mol. The maximum absolute atomic E-state index is 13.4. The fraction of sp³-hybridized carbons (Fsp3) is 0.667.